The lowest BCUT2D eigenvalue weighted by Gasteiger charge is -2.05. The van der Waals surface area contributed by atoms with Gasteiger partial charge in [-0.15, -0.1) is 0 Å². The van der Waals surface area contributed by atoms with Crippen LogP contribution in [-0.4, -0.2) is 19.3 Å². The van der Waals surface area contributed by atoms with Crippen molar-refractivity contribution in [1.29, 1.82) is 0 Å². The molecule has 0 atom stereocenters. The van der Waals surface area contributed by atoms with Crippen LogP contribution < -0.4 is 4.72 Å². The highest BCUT2D eigenvalue weighted by molar-refractivity contribution is 7.89. The van der Waals surface area contributed by atoms with Crippen LogP contribution in [0.2, 0.25) is 0 Å². The smallest absolute Gasteiger partial charge is 0.350 e. The van der Waals surface area contributed by atoms with Crippen LogP contribution in [0.4, 0.5) is 8.78 Å². The molecule has 7 heteroatoms. The summed E-state index contributed by atoms with van der Waals surface area (Å²) in [5.74, 6) is -3.43. The highest BCUT2D eigenvalue weighted by Crippen LogP contribution is 2.07. The van der Waals surface area contributed by atoms with Crippen molar-refractivity contribution in [2.45, 2.75) is 18.9 Å². The Labute approximate surface area is 92.0 Å². The van der Waals surface area contributed by atoms with Crippen LogP contribution >= 0.6 is 0 Å². The molecule has 0 saturated carbocycles. The van der Waals surface area contributed by atoms with E-state index in [2.05, 4.69) is 0 Å². The highest BCUT2D eigenvalue weighted by Gasteiger charge is 2.22. The van der Waals surface area contributed by atoms with Crippen LogP contribution in [0.3, 0.4) is 0 Å². The first-order valence-electron chi connectivity index (χ1n) is 4.41. The monoisotopic (exact) mass is 251 g/mol. The molecule has 16 heavy (non-hydrogen) atoms. The van der Waals surface area contributed by atoms with E-state index in [0.29, 0.717) is 11.1 Å². The predicted molar refractivity (Wildman–Crippen MR) is 54.1 cm³/mol. The van der Waals surface area contributed by atoms with Crippen molar-refractivity contribution in [1.82, 2.24) is 4.72 Å². The van der Waals surface area contributed by atoms with Crippen molar-refractivity contribution in [3.8, 4) is 0 Å². The van der Waals surface area contributed by atoms with E-state index in [1.807, 2.05) is 0 Å². The predicted octanol–water partition coefficient (Wildman–Crippen LogP) is 0.821. The van der Waals surface area contributed by atoms with E-state index in [9.17, 15) is 17.2 Å². The SMILES string of the molecule is O=S(=O)(NCc1ccc(CO)cc1)C(F)F. The molecular formula is C9H11F2NO3S. The summed E-state index contributed by atoms with van der Waals surface area (Å²) in [6.07, 6.45) is 0. The fourth-order valence-corrected chi connectivity index (χ4v) is 1.50. The van der Waals surface area contributed by atoms with Gasteiger partial charge < -0.3 is 5.11 Å². The minimum Gasteiger partial charge on any atom is -0.392 e. The number of hydrogen-bond acceptors (Lipinski definition) is 3. The van der Waals surface area contributed by atoms with Crippen molar-refractivity contribution < 1.29 is 22.3 Å². The van der Waals surface area contributed by atoms with Crippen LogP contribution in [0, 0.1) is 0 Å². The Morgan fingerprint density at radius 1 is 1.19 bits per heavy atom. The topological polar surface area (TPSA) is 66.4 Å². The maximum Gasteiger partial charge on any atom is 0.350 e. The number of alkyl halides is 2. The number of halogens is 2. The van der Waals surface area contributed by atoms with Gasteiger partial charge in [0.25, 0.3) is 10.0 Å². The minimum atomic E-state index is -4.54. The van der Waals surface area contributed by atoms with Gasteiger partial charge in [-0.05, 0) is 11.1 Å². The number of benzene rings is 1. The number of nitrogens with one attached hydrogen (secondary N) is 1. The molecule has 2 N–H and O–H groups in total. The van der Waals surface area contributed by atoms with E-state index in [4.69, 9.17) is 5.11 Å². The van der Waals surface area contributed by atoms with Crippen LogP contribution in [0.5, 0.6) is 0 Å². The largest absolute Gasteiger partial charge is 0.392 e. The van der Waals surface area contributed by atoms with Crippen molar-refractivity contribution in [3.05, 3.63) is 35.4 Å². The van der Waals surface area contributed by atoms with Gasteiger partial charge in [0.2, 0.25) is 0 Å². The van der Waals surface area contributed by atoms with Crippen LogP contribution in [0.25, 0.3) is 0 Å². The Morgan fingerprint density at radius 2 is 1.69 bits per heavy atom. The summed E-state index contributed by atoms with van der Waals surface area (Å²) >= 11 is 0. The van der Waals surface area contributed by atoms with E-state index >= 15 is 0 Å². The van der Waals surface area contributed by atoms with Crippen LogP contribution in [0.15, 0.2) is 24.3 Å². The molecular weight excluding hydrogens is 240 g/mol. The van der Waals surface area contributed by atoms with Gasteiger partial charge in [0.15, 0.2) is 0 Å². The first-order valence-corrected chi connectivity index (χ1v) is 5.95. The molecule has 0 unspecified atom stereocenters. The molecule has 0 aliphatic heterocycles. The number of aliphatic hydroxyl groups is 1. The zero-order valence-corrected chi connectivity index (χ0v) is 9.05. The van der Waals surface area contributed by atoms with Crippen molar-refractivity contribution in [2.24, 2.45) is 0 Å². The first kappa shape index (κ1) is 13.0. The van der Waals surface area contributed by atoms with E-state index in [0.717, 1.165) is 0 Å². The van der Waals surface area contributed by atoms with Gasteiger partial charge >= 0.3 is 5.76 Å². The second-order valence-corrected chi connectivity index (χ2v) is 4.84. The quantitative estimate of drug-likeness (QED) is 0.814. The Bertz CT molecular complexity index is 431. The average molecular weight is 251 g/mol. The zero-order chi connectivity index (χ0) is 12.2. The fourth-order valence-electron chi connectivity index (χ4n) is 1.01. The van der Waals surface area contributed by atoms with Gasteiger partial charge in [-0.25, -0.2) is 13.1 Å². The summed E-state index contributed by atoms with van der Waals surface area (Å²) in [6.45, 7) is -0.318. The van der Waals surface area contributed by atoms with Crippen molar-refractivity contribution >= 4 is 10.0 Å². The fraction of sp³-hybridized carbons (Fsp3) is 0.333. The van der Waals surface area contributed by atoms with Gasteiger partial charge in [-0.2, -0.15) is 8.78 Å². The molecule has 0 radical (unpaired) electrons. The number of rotatable bonds is 5. The third-order valence-electron chi connectivity index (χ3n) is 1.92. The Morgan fingerprint density at radius 3 is 2.12 bits per heavy atom. The van der Waals surface area contributed by atoms with Gasteiger partial charge in [0.05, 0.1) is 6.61 Å². The maximum absolute atomic E-state index is 12.0. The molecule has 1 rings (SSSR count). The Hall–Kier alpha value is -1.05. The molecule has 0 heterocycles. The molecule has 0 saturated heterocycles. The molecule has 4 nitrogen and oxygen atoms in total. The summed E-state index contributed by atoms with van der Waals surface area (Å²) in [5.41, 5.74) is 1.21. The summed E-state index contributed by atoms with van der Waals surface area (Å²) in [6, 6.07) is 6.29. The second-order valence-electron chi connectivity index (χ2n) is 3.10. The average Bonchev–Trinajstić information content (AvgIpc) is 2.27. The second kappa shape index (κ2) is 5.33. The van der Waals surface area contributed by atoms with E-state index < -0.39 is 15.8 Å². The Balaban J connectivity index is 2.62. The van der Waals surface area contributed by atoms with Gasteiger partial charge in [-0.1, -0.05) is 24.3 Å². The molecule has 0 aliphatic carbocycles. The Kier molecular flexibility index (Phi) is 4.34. The van der Waals surface area contributed by atoms with E-state index in [1.165, 1.54) is 0 Å². The normalized spacial score (nSPS) is 12.0. The van der Waals surface area contributed by atoms with E-state index in [-0.39, 0.29) is 13.2 Å². The molecule has 0 amide bonds. The molecule has 1 aromatic rings. The van der Waals surface area contributed by atoms with Gasteiger partial charge in [0.1, 0.15) is 0 Å². The molecule has 0 spiro atoms. The molecule has 1 aromatic carbocycles. The molecule has 0 aromatic heterocycles. The van der Waals surface area contributed by atoms with Gasteiger partial charge in [0, 0.05) is 6.54 Å². The summed E-state index contributed by atoms with van der Waals surface area (Å²) < 4.78 is 47.1. The van der Waals surface area contributed by atoms with Crippen LogP contribution in [-0.2, 0) is 23.2 Å². The summed E-state index contributed by atoms with van der Waals surface area (Å²) in [4.78, 5) is 0. The van der Waals surface area contributed by atoms with Crippen molar-refractivity contribution in [2.75, 3.05) is 0 Å². The molecule has 0 aliphatic rings. The number of sulfonamides is 1. The number of hydrogen-bond donors (Lipinski definition) is 2. The van der Waals surface area contributed by atoms with Crippen molar-refractivity contribution in [3.63, 3.8) is 0 Å². The summed E-state index contributed by atoms with van der Waals surface area (Å²) in [7, 11) is -4.54. The molecule has 0 fully saturated rings. The molecule has 0 bridgehead atoms. The van der Waals surface area contributed by atoms with Crippen LogP contribution in [0.1, 0.15) is 11.1 Å². The van der Waals surface area contributed by atoms with Gasteiger partial charge in [-0.3, -0.25) is 0 Å². The zero-order valence-electron chi connectivity index (χ0n) is 8.23. The maximum atomic E-state index is 12.0. The number of aliphatic hydroxyl groups excluding tert-OH is 1. The lowest BCUT2D eigenvalue weighted by molar-refractivity contribution is 0.232. The lowest BCUT2D eigenvalue weighted by Crippen LogP contribution is -2.28. The lowest BCUT2D eigenvalue weighted by atomic mass is 10.1. The highest BCUT2D eigenvalue weighted by atomic mass is 32.2. The third-order valence-corrected chi connectivity index (χ3v) is 2.93. The standard InChI is InChI=1S/C9H11F2NO3S/c10-9(11)16(14,15)12-5-7-1-3-8(6-13)4-2-7/h1-4,9,12-13H,5-6H2. The minimum absolute atomic E-state index is 0.122. The third kappa shape index (κ3) is 3.51. The summed E-state index contributed by atoms with van der Waals surface area (Å²) in [5, 5.41) is 8.75. The molecule has 90 valence electrons. The first-order chi connectivity index (χ1) is 7.45. The van der Waals surface area contributed by atoms with E-state index in [1.54, 1.807) is 29.0 Å².